The van der Waals surface area contributed by atoms with Crippen molar-refractivity contribution >= 4 is 28.4 Å². The summed E-state index contributed by atoms with van der Waals surface area (Å²) in [6, 6.07) is 8.23. The molecule has 2 aromatic heterocycles. The van der Waals surface area contributed by atoms with Crippen molar-refractivity contribution in [3.8, 4) is 0 Å². The molecule has 0 N–H and O–H groups in total. The summed E-state index contributed by atoms with van der Waals surface area (Å²) in [5, 5.41) is 9.70. The molecule has 1 amide bonds. The number of aryl methyl sites for hydroxylation is 1. The van der Waals surface area contributed by atoms with Crippen LogP contribution in [-0.2, 0) is 4.79 Å². The molecule has 1 saturated carbocycles. The second kappa shape index (κ2) is 6.72. The highest BCUT2D eigenvalue weighted by atomic mass is 16.2. The Balaban J connectivity index is 1.47. The first kappa shape index (κ1) is 17.4. The summed E-state index contributed by atoms with van der Waals surface area (Å²) >= 11 is 0. The number of hydrogen-bond acceptors (Lipinski definition) is 5. The largest absolute Gasteiger partial charge is 0.338 e. The molecule has 7 heteroatoms. The Morgan fingerprint density at radius 3 is 2.68 bits per heavy atom. The quantitative estimate of drug-likeness (QED) is 0.686. The number of aromatic nitrogens is 4. The van der Waals surface area contributed by atoms with Crippen LogP contribution < -0.4 is 4.90 Å². The predicted octanol–water partition coefficient (Wildman–Crippen LogP) is 2.81. The van der Waals surface area contributed by atoms with Crippen molar-refractivity contribution in [2.24, 2.45) is 5.92 Å². The van der Waals surface area contributed by atoms with Crippen LogP contribution >= 0.6 is 0 Å². The van der Waals surface area contributed by atoms with Crippen molar-refractivity contribution in [3.05, 3.63) is 30.1 Å². The van der Waals surface area contributed by atoms with Crippen LogP contribution in [0.4, 0.5) is 5.95 Å². The van der Waals surface area contributed by atoms with Crippen LogP contribution in [0.3, 0.4) is 0 Å². The van der Waals surface area contributed by atoms with Gasteiger partial charge in [-0.2, -0.15) is 0 Å². The molecule has 1 saturated heterocycles. The van der Waals surface area contributed by atoms with Crippen LogP contribution in [-0.4, -0.2) is 56.1 Å². The van der Waals surface area contributed by atoms with E-state index in [-0.39, 0.29) is 12.0 Å². The van der Waals surface area contributed by atoms with E-state index in [9.17, 15) is 4.79 Å². The molecule has 3 aromatic rings. The molecule has 0 unspecified atom stereocenters. The first-order chi connectivity index (χ1) is 13.6. The summed E-state index contributed by atoms with van der Waals surface area (Å²) in [5.41, 5.74) is 1.77. The molecule has 1 aromatic carbocycles. The zero-order valence-corrected chi connectivity index (χ0v) is 16.5. The van der Waals surface area contributed by atoms with Crippen molar-refractivity contribution in [1.29, 1.82) is 0 Å². The number of benzene rings is 1. The molecule has 0 spiro atoms. The van der Waals surface area contributed by atoms with Gasteiger partial charge in [-0.1, -0.05) is 25.0 Å². The second-order valence-corrected chi connectivity index (χ2v) is 8.14. The monoisotopic (exact) mass is 378 g/mol. The van der Waals surface area contributed by atoms with Gasteiger partial charge in [0.25, 0.3) is 0 Å². The number of nitrogens with zero attached hydrogens (tertiary/aromatic N) is 6. The van der Waals surface area contributed by atoms with Gasteiger partial charge >= 0.3 is 0 Å². The number of piperazine rings is 1. The molecule has 1 aliphatic carbocycles. The smallest absolute Gasteiger partial charge is 0.226 e. The summed E-state index contributed by atoms with van der Waals surface area (Å²) in [6.07, 6.45) is 4.49. The van der Waals surface area contributed by atoms with Gasteiger partial charge in [0.1, 0.15) is 5.82 Å². The Kier molecular flexibility index (Phi) is 4.18. The Bertz CT molecular complexity index is 1040. The molecule has 0 bridgehead atoms. The maximum atomic E-state index is 12.9. The fraction of sp³-hybridized carbons (Fsp3) is 0.524. The highest BCUT2D eigenvalue weighted by Crippen LogP contribution is 2.29. The third-order valence-electron chi connectivity index (χ3n) is 6.29. The molecule has 28 heavy (non-hydrogen) atoms. The molecular formula is C21H26N6O. The minimum Gasteiger partial charge on any atom is -0.338 e. The van der Waals surface area contributed by atoms with Crippen LogP contribution in [0.2, 0.25) is 0 Å². The summed E-state index contributed by atoms with van der Waals surface area (Å²) in [7, 11) is 0. The average molecular weight is 378 g/mol. The minimum atomic E-state index is 0.168. The van der Waals surface area contributed by atoms with E-state index in [1.54, 1.807) is 0 Å². The van der Waals surface area contributed by atoms with E-state index in [0.29, 0.717) is 5.91 Å². The zero-order valence-electron chi connectivity index (χ0n) is 16.5. The van der Waals surface area contributed by atoms with Crippen molar-refractivity contribution < 1.29 is 4.79 Å². The van der Waals surface area contributed by atoms with Crippen LogP contribution in [0.5, 0.6) is 0 Å². The summed E-state index contributed by atoms with van der Waals surface area (Å²) < 4.78 is 2.05. The fourth-order valence-electron chi connectivity index (χ4n) is 4.78. The van der Waals surface area contributed by atoms with Crippen LogP contribution in [0.25, 0.3) is 16.6 Å². The molecular weight excluding hydrogens is 352 g/mol. The predicted molar refractivity (Wildman–Crippen MR) is 108 cm³/mol. The van der Waals surface area contributed by atoms with Gasteiger partial charge in [0.2, 0.25) is 11.9 Å². The van der Waals surface area contributed by atoms with E-state index in [1.807, 2.05) is 35.6 Å². The number of carbonyl (C=O) groups is 1. The Labute approximate surface area is 164 Å². The van der Waals surface area contributed by atoms with Crippen LogP contribution in [0.1, 0.15) is 38.4 Å². The average Bonchev–Trinajstić information content (AvgIpc) is 3.37. The zero-order chi connectivity index (χ0) is 19.3. The van der Waals surface area contributed by atoms with E-state index in [1.165, 1.54) is 12.8 Å². The lowest BCUT2D eigenvalue weighted by Gasteiger charge is -2.41. The standard InChI is InChI=1S/C21H26N6O/c1-14-13-25(11-12-26(14)20(28)16-7-3-4-8-16)21-22-18-10-6-5-9-17(18)19-24-23-15(2)27(19)21/h5-6,9-10,14,16H,3-4,7-8,11-13H2,1-2H3/t14-/m1/s1. The Hall–Kier alpha value is -2.70. The van der Waals surface area contributed by atoms with Crippen molar-refractivity contribution in [2.75, 3.05) is 24.5 Å². The highest BCUT2D eigenvalue weighted by molar-refractivity contribution is 5.92. The summed E-state index contributed by atoms with van der Waals surface area (Å²) in [6.45, 7) is 6.41. The fourth-order valence-corrected chi connectivity index (χ4v) is 4.78. The number of amides is 1. The molecule has 146 valence electrons. The van der Waals surface area contributed by atoms with Gasteiger partial charge in [-0.3, -0.25) is 4.79 Å². The van der Waals surface area contributed by atoms with Crippen molar-refractivity contribution in [1.82, 2.24) is 24.5 Å². The maximum absolute atomic E-state index is 12.9. The van der Waals surface area contributed by atoms with Gasteiger partial charge in [-0.25, -0.2) is 9.38 Å². The third-order valence-corrected chi connectivity index (χ3v) is 6.29. The molecule has 1 aliphatic heterocycles. The number of carbonyl (C=O) groups excluding carboxylic acids is 1. The minimum absolute atomic E-state index is 0.168. The van der Waals surface area contributed by atoms with E-state index in [4.69, 9.17) is 4.98 Å². The SMILES string of the molecule is Cc1nnc2c3ccccc3nc(N3CCN(C(=O)C4CCCC4)[C@H](C)C3)n12. The summed E-state index contributed by atoms with van der Waals surface area (Å²) in [5.74, 6) is 2.29. The Morgan fingerprint density at radius 2 is 1.89 bits per heavy atom. The lowest BCUT2D eigenvalue weighted by Crippen LogP contribution is -2.55. The van der Waals surface area contributed by atoms with Crippen molar-refractivity contribution in [3.63, 3.8) is 0 Å². The maximum Gasteiger partial charge on any atom is 0.226 e. The van der Waals surface area contributed by atoms with Crippen LogP contribution in [0, 0.1) is 12.8 Å². The van der Waals surface area contributed by atoms with E-state index < -0.39 is 0 Å². The number of para-hydroxylation sites is 1. The van der Waals surface area contributed by atoms with Gasteiger partial charge < -0.3 is 9.80 Å². The van der Waals surface area contributed by atoms with Gasteiger partial charge in [-0.15, -0.1) is 10.2 Å². The van der Waals surface area contributed by atoms with Crippen molar-refractivity contribution in [2.45, 2.75) is 45.6 Å². The number of hydrogen-bond donors (Lipinski definition) is 0. The normalized spacial score (nSPS) is 21.1. The topological polar surface area (TPSA) is 66.6 Å². The van der Waals surface area contributed by atoms with Crippen LogP contribution in [0.15, 0.2) is 24.3 Å². The van der Waals surface area contributed by atoms with E-state index in [2.05, 4.69) is 26.9 Å². The van der Waals surface area contributed by atoms with Gasteiger partial charge in [0.15, 0.2) is 5.65 Å². The molecule has 1 atom stereocenters. The molecule has 7 nitrogen and oxygen atoms in total. The van der Waals surface area contributed by atoms with E-state index >= 15 is 0 Å². The van der Waals surface area contributed by atoms with Gasteiger partial charge in [0, 0.05) is 37.0 Å². The molecule has 3 heterocycles. The molecule has 0 radical (unpaired) electrons. The first-order valence-corrected chi connectivity index (χ1v) is 10.3. The number of rotatable bonds is 2. The molecule has 2 aliphatic rings. The number of fused-ring (bicyclic) bond motifs is 3. The lowest BCUT2D eigenvalue weighted by molar-refractivity contribution is -0.137. The Morgan fingerprint density at radius 1 is 1.11 bits per heavy atom. The van der Waals surface area contributed by atoms with Gasteiger partial charge in [-0.05, 0) is 38.8 Å². The lowest BCUT2D eigenvalue weighted by atomic mass is 10.0. The van der Waals surface area contributed by atoms with E-state index in [0.717, 1.165) is 60.8 Å². The van der Waals surface area contributed by atoms with Gasteiger partial charge in [0.05, 0.1) is 5.52 Å². The summed E-state index contributed by atoms with van der Waals surface area (Å²) in [4.78, 5) is 22.2. The highest BCUT2D eigenvalue weighted by Gasteiger charge is 2.34. The second-order valence-electron chi connectivity index (χ2n) is 8.14. The number of anilines is 1. The first-order valence-electron chi connectivity index (χ1n) is 10.3. The molecule has 5 rings (SSSR count). The molecule has 2 fully saturated rings. The third kappa shape index (κ3) is 2.72.